The lowest BCUT2D eigenvalue weighted by Crippen LogP contribution is -2.31. The Morgan fingerprint density at radius 3 is 2.58 bits per heavy atom. The zero-order valence-corrected chi connectivity index (χ0v) is 14.3. The minimum Gasteiger partial charge on any atom is -0.361 e. The van der Waals surface area contributed by atoms with Crippen LogP contribution < -0.4 is 10.6 Å². The fourth-order valence-corrected chi connectivity index (χ4v) is 3.02. The number of carbonyl (C=O) groups excluding carboxylic acids is 1. The first kappa shape index (κ1) is 16.1. The van der Waals surface area contributed by atoms with Gasteiger partial charge in [0.1, 0.15) is 11.5 Å². The number of nitrogens with zero attached hydrogens (tertiary/aromatic N) is 3. The van der Waals surface area contributed by atoms with Gasteiger partial charge in [-0.25, -0.2) is 4.79 Å². The van der Waals surface area contributed by atoms with E-state index in [9.17, 15) is 4.79 Å². The first-order valence-electron chi connectivity index (χ1n) is 7.42. The molecule has 0 unspecified atom stereocenters. The minimum atomic E-state index is -0.287. The normalized spacial score (nSPS) is 12.0. The summed E-state index contributed by atoms with van der Waals surface area (Å²) in [6, 6.07) is 6.96. The molecule has 3 rings (SSSR count). The van der Waals surface area contributed by atoms with Gasteiger partial charge in [-0.2, -0.15) is 0 Å². The maximum absolute atomic E-state index is 12.2. The van der Waals surface area contributed by atoms with Crippen LogP contribution in [0, 0.1) is 13.8 Å². The van der Waals surface area contributed by atoms with Crippen LogP contribution in [0.4, 0.5) is 10.5 Å². The van der Waals surface area contributed by atoms with Crippen LogP contribution in [0.3, 0.4) is 0 Å². The van der Waals surface area contributed by atoms with E-state index < -0.39 is 0 Å². The summed E-state index contributed by atoms with van der Waals surface area (Å²) >= 11 is 1.30. The molecule has 1 aromatic carbocycles. The first-order chi connectivity index (χ1) is 11.5. The summed E-state index contributed by atoms with van der Waals surface area (Å²) < 4.78 is 8.97. The Kier molecular flexibility index (Phi) is 4.57. The third-order valence-electron chi connectivity index (χ3n) is 3.67. The number of carbonyl (C=O) groups is 1. The second kappa shape index (κ2) is 6.79. The summed E-state index contributed by atoms with van der Waals surface area (Å²) in [6.07, 6.45) is 0. The maximum atomic E-state index is 12.2. The number of hydrogen-bond donors (Lipinski definition) is 2. The van der Waals surface area contributed by atoms with Gasteiger partial charge in [0.15, 0.2) is 0 Å². The summed E-state index contributed by atoms with van der Waals surface area (Å²) in [4.78, 5) is 12.2. The SMILES string of the molecule is Cc1noc(C)c1[C@@H](C)NC(=O)Nc1ccc(-c2csnn2)cc1. The lowest BCUT2D eigenvalue weighted by Gasteiger charge is -2.14. The van der Waals surface area contributed by atoms with Crippen molar-refractivity contribution < 1.29 is 9.32 Å². The molecule has 0 radical (unpaired) electrons. The highest BCUT2D eigenvalue weighted by Gasteiger charge is 2.18. The van der Waals surface area contributed by atoms with Crippen molar-refractivity contribution >= 4 is 23.3 Å². The number of aromatic nitrogens is 3. The van der Waals surface area contributed by atoms with E-state index in [0.29, 0.717) is 11.4 Å². The van der Waals surface area contributed by atoms with E-state index in [4.69, 9.17) is 4.52 Å². The van der Waals surface area contributed by atoms with E-state index in [0.717, 1.165) is 22.5 Å². The third kappa shape index (κ3) is 3.43. The average Bonchev–Trinajstić information content (AvgIpc) is 3.18. The summed E-state index contributed by atoms with van der Waals surface area (Å²) in [5, 5.41) is 15.5. The van der Waals surface area contributed by atoms with E-state index in [1.807, 2.05) is 50.4 Å². The number of urea groups is 1. The van der Waals surface area contributed by atoms with Crippen molar-refractivity contribution in [2.45, 2.75) is 26.8 Å². The van der Waals surface area contributed by atoms with Crippen molar-refractivity contribution in [1.29, 1.82) is 0 Å². The molecule has 8 heteroatoms. The van der Waals surface area contributed by atoms with Crippen LogP contribution in [0.5, 0.6) is 0 Å². The fourth-order valence-electron chi connectivity index (χ4n) is 2.56. The van der Waals surface area contributed by atoms with E-state index >= 15 is 0 Å². The molecule has 0 saturated carbocycles. The van der Waals surface area contributed by atoms with Crippen molar-refractivity contribution in [2.75, 3.05) is 5.32 Å². The number of aryl methyl sites for hydroxylation is 2. The van der Waals surface area contributed by atoms with Gasteiger partial charge in [0, 0.05) is 22.2 Å². The van der Waals surface area contributed by atoms with Crippen LogP contribution in [0.1, 0.15) is 30.0 Å². The molecule has 2 aromatic heterocycles. The second-order valence-electron chi connectivity index (χ2n) is 5.43. The van der Waals surface area contributed by atoms with Gasteiger partial charge >= 0.3 is 6.03 Å². The van der Waals surface area contributed by atoms with Gasteiger partial charge in [-0.05, 0) is 44.4 Å². The molecule has 7 nitrogen and oxygen atoms in total. The van der Waals surface area contributed by atoms with Crippen LogP contribution >= 0.6 is 11.5 Å². The Balaban J connectivity index is 1.63. The Morgan fingerprint density at radius 1 is 1.25 bits per heavy atom. The quantitative estimate of drug-likeness (QED) is 0.753. The molecule has 124 valence electrons. The van der Waals surface area contributed by atoms with Gasteiger partial charge in [-0.15, -0.1) is 5.10 Å². The molecule has 24 heavy (non-hydrogen) atoms. The lowest BCUT2D eigenvalue weighted by molar-refractivity contribution is 0.249. The highest BCUT2D eigenvalue weighted by molar-refractivity contribution is 7.03. The molecule has 0 fully saturated rings. The van der Waals surface area contributed by atoms with Gasteiger partial charge in [0.2, 0.25) is 0 Å². The van der Waals surface area contributed by atoms with Crippen molar-refractivity contribution in [2.24, 2.45) is 0 Å². The zero-order chi connectivity index (χ0) is 17.1. The molecular weight excluding hydrogens is 326 g/mol. The van der Waals surface area contributed by atoms with E-state index in [1.54, 1.807) is 0 Å². The highest BCUT2D eigenvalue weighted by atomic mass is 32.1. The maximum Gasteiger partial charge on any atom is 0.319 e. The summed E-state index contributed by atoms with van der Waals surface area (Å²) in [5.41, 5.74) is 4.16. The summed E-state index contributed by atoms with van der Waals surface area (Å²) in [5.74, 6) is 0.710. The van der Waals surface area contributed by atoms with Crippen molar-refractivity contribution in [3.05, 3.63) is 46.7 Å². The van der Waals surface area contributed by atoms with Gasteiger partial charge in [-0.3, -0.25) is 0 Å². The van der Waals surface area contributed by atoms with Crippen LogP contribution in [-0.2, 0) is 0 Å². The van der Waals surface area contributed by atoms with Gasteiger partial charge in [0.25, 0.3) is 0 Å². The number of amides is 2. The van der Waals surface area contributed by atoms with Crippen LogP contribution in [0.2, 0.25) is 0 Å². The molecule has 0 aliphatic rings. The standard InChI is InChI=1S/C16H17N5O2S/c1-9(15-10(2)20-23-11(15)3)17-16(22)18-13-6-4-12(5-7-13)14-8-24-21-19-14/h4-9H,1-3H3,(H2,17,18,22)/t9-/m1/s1. The molecule has 0 aliphatic heterocycles. The fraction of sp³-hybridized carbons (Fsp3) is 0.250. The molecule has 2 heterocycles. The molecule has 1 atom stereocenters. The molecular formula is C16H17N5O2S. The topological polar surface area (TPSA) is 92.9 Å². The predicted octanol–water partition coefficient (Wildman–Crippen LogP) is 3.69. The van der Waals surface area contributed by atoms with Crippen molar-refractivity contribution in [3.63, 3.8) is 0 Å². The van der Waals surface area contributed by atoms with Crippen molar-refractivity contribution in [3.8, 4) is 11.3 Å². The number of anilines is 1. The number of hydrogen-bond acceptors (Lipinski definition) is 6. The van der Waals surface area contributed by atoms with Crippen LogP contribution in [0.25, 0.3) is 11.3 Å². The van der Waals surface area contributed by atoms with E-state index in [1.165, 1.54) is 11.5 Å². The van der Waals surface area contributed by atoms with Gasteiger partial charge in [0.05, 0.1) is 11.7 Å². The number of rotatable bonds is 4. The average molecular weight is 343 g/mol. The lowest BCUT2D eigenvalue weighted by atomic mass is 10.1. The first-order valence-corrected chi connectivity index (χ1v) is 8.26. The summed E-state index contributed by atoms with van der Waals surface area (Å²) in [7, 11) is 0. The Labute approximate surface area is 143 Å². The number of nitrogens with one attached hydrogen (secondary N) is 2. The molecule has 0 bridgehead atoms. The Morgan fingerprint density at radius 2 is 2.00 bits per heavy atom. The molecule has 0 saturated heterocycles. The monoisotopic (exact) mass is 343 g/mol. The van der Waals surface area contributed by atoms with Crippen LogP contribution in [0.15, 0.2) is 34.2 Å². The van der Waals surface area contributed by atoms with Gasteiger partial charge in [-0.1, -0.05) is 21.8 Å². The predicted molar refractivity (Wildman–Crippen MR) is 91.9 cm³/mol. The van der Waals surface area contributed by atoms with Crippen LogP contribution in [-0.4, -0.2) is 20.8 Å². The van der Waals surface area contributed by atoms with E-state index in [-0.39, 0.29) is 12.1 Å². The third-order valence-corrected chi connectivity index (χ3v) is 4.17. The van der Waals surface area contributed by atoms with Crippen molar-refractivity contribution in [1.82, 2.24) is 20.1 Å². The minimum absolute atomic E-state index is 0.198. The Hall–Kier alpha value is -2.74. The molecule has 2 amide bonds. The Bertz CT molecular complexity index is 807. The number of benzene rings is 1. The largest absolute Gasteiger partial charge is 0.361 e. The smallest absolute Gasteiger partial charge is 0.319 e. The molecule has 0 spiro atoms. The second-order valence-corrected chi connectivity index (χ2v) is 6.04. The molecule has 3 aromatic rings. The van der Waals surface area contributed by atoms with E-state index in [2.05, 4.69) is 25.4 Å². The summed E-state index contributed by atoms with van der Waals surface area (Å²) in [6.45, 7) is 5.58. The molecule has 0 aliphatic carbocycles. The molecule has 2 N–H and O–H groups in total. The van der Waals surface area contributed by atoms with Gasteiger partial charge < -0.3 is 15.2 Å². The highest BCUT2D eigenvalue weighted by Crippen LogP contribution is 2.22. The zero-order valence-electron chi connectivity index (χ0n) is 13.5.